The van der Waals surface area contributed by atoms with E-state index in [0.717, 1.165) is 0 Å². The van der Waals surface area contributed by atoms with Gasteiger partial charge in [0.05, 0.1) is 5.25 Å². The predicted molar refractivity (Wildman–Crippen MR) is 42.3 cm³/mol. The number of hydrogen-bond acceptors (Lipinski definition) is 1. The third-order valence-electron chi connectivity index (χ3n) is 1.27. The molecule has 2 unspecified atom stereocenters. The van der Waals surface area contributed by atoms with Gasteiger partial charge in [-0.1, -0.05) is 23.8 Å². The molecule has 0 amide bonds. The molecule has 0 saturated heterocycles. The fourth-order valence-electron chi connectivity index (χ4n) is 0.724. The van der Waals surface area contributed by atoms with Gasteiger partial charge in [-0.3, -0.25) is 0 Å². The molecule has 4 heteroatoms. The molecule has 0 saturated carbocycles. The van der Waals surface area contributed by atoms with Crippen LogP contribution in [0.25, 0.3) is 0 Å². The molecule has 0 heterocycles. The molecular formula is C6H7ClO2S. The van der Waals surface area contributed by atoms with Crippen molar-refractivity contribution >= 4 is 22.7 Å². The van der Waals surface area contributed by atoms with Crippen LogP contribution in [-0.4, -0.2) is 14.0 Å². The maximum atomic E-state index is 10.4. The van der Waals surface area contributed by atoms with Crippen LogP contribution in [0.1, 0.15) is 6.42 Å². The summed E-state index contributed by atoms with van der Waals surface area (Å²) in [6.07, 6.45) is 5.58. The molecule has 1 aliphatic rings. The molecule has 1 rings (SSSR count). The molecular weight excluding hydrogens is 172 g/mol. The maximum absolute atomic E-state index is 10.4. The Hall–Kier alpha value is -0.120. The Labute approximate surface area is 66.9 Å². The van der Waals surface area contributed by atoms with Crippen molar-refractivity contribution in [3.8, 4) is 0 Å². The summed E-state index contributed by atoms with van der Waals surface area (Å²) < 4.78 is 19.1. The molecule has 0 radical (unpaired) electrons. The number of halogens is 1. The van der Waals surface area contributed by atoms with Crippen molar-refractivity contribution in [1.29, 1.82) is 0 Å². The van der Waals surface area contributed by atoms with Gasteiger partial charge in [0.2, 0.25) is 0 Å². The SMILES string of the molecule is O=S(O)C1C=CC(Cl)=CC1. The lowest BCUT2D eigenvalue weighted by Gasteiger charge is -2.08. The van der Waals surface area contributed by atoms with Gasteiger partial charge in [-0.2, -0.15) is 0 Å². The second-order valence-corrected chi connectivity index (χ2v) is 3.59. The Balaban J connectivity index is 2.60. The minimum Gasteiger partial charge on any atom is -0.306 e. The maximum Gasteiger partial charge on any atom is 0.160 e. The third kappa shape index (κ3) is 1.94. The van der Waals surface area contributed by atoms with E-state index in [2.05, 4.69) is 0 Å². The van der Waals surface area contributed by atoms with E-state index in [9.17, 15) is 4.21 Å². The summed E-state index contributed by atoms with van der Waals surface area (Å²) in [6, 6.07) is 0. The van der Waals surface area contributed by atoms with Crippen molar-refractivity contribution in [2.45, 2.75) is 11.7 Å². The van der Waals surface area contributed by atoms with Gasteiger partial charge in [0.25, 0.3) is 0 Å². The number of allylic oxidation sites excluding steroid dienone is 3. The largest absolute Gasteiger partial charge is 0.306 e. The van der Waals surface area contributed by atoms with Crippen LogP contribution in [0.2, 0.25) is 0 Å². The van der Waals surface area contributed by atoms with E-state index in [4.69, 9.17) is 16.2 Å². The molecule has 0 aliphatic heterocycles. The van der Waals surface area contributed by atoms with Gasteiger partial charge in [-0.15, -0.1) is 0 Å². The predicted octanol–water partition coefficient (Wildman–Crippen LogP) is 1.66. The number of hydrogen-bond donors (Lipinski definition) is 1. The normalized spacial score (nSPS) is 27.8. The molecule has 2 nitrogen and oxygen atoms in total. The molecule has 0 bridgehead atoms. The van der Waals surface area contributed by atoms with Crippen LogP contribution in [0.15, 0.2) is 23.3 Å². The fraction of sp³-hybridized carbons (Fsp3) is 0.333. The summed E-state index contributed by atoms with van der Waals surface area (Å²) in [5, 5.41) is 0.365. The Morgan fingerprint density at radius 1 is 1.80 bits per heavy atom. The molecule has 0 fully saturated rings. The lowest BCUT2D eigenvalue weighted by atomic mass is 10.2. The summed E-state index contributed by atoms with van der Waals surface area (Å²) >= 11 is 3.82. The minimum atomic E-state index is -1.76. The molecule has 2 atom stereocenters. The molecule has 10 heavy (non-hydrogen) atoms. The smallest absolute Gasteiger partial charge is 0.160 e. The highest BCUT2D eigenvalue weighted by atomic mass is 35.5. The van der Waals surface area contributed by atoms with E-state index >= 15 is 0 Å². The van der Waals surface area contributed by atoms with E-state index in [0.29, 0.717) is 11.5 Å². The van der Waals surface area contributed by atoms with Gasteiger partial charge >= 0.3 is 0 Å². The van der Waals surface area contributed by atoms with Crippen molar-refractivity contribution in [1.82, 2.24) is 0 Å². The molecule has 1 N–H and O–H groups in total. The second-order valence-electron chi connectivity index (χ2n) is 2.00. The van der Waals surface area contributed by atoms with E-state index < -0.39 is 11.1 Å². The fourth-order valence-corrected chi connectivity index (χ4v) is 1.36. The average Bonchev–Trinajstić information content (AvgIpc) is 1.88. The minimum absolute atomic E-state index is 0.275. The first-order chi connectivity index (χ1) is 4.70. The van der Waals surface area contributed by atoms with Gasteiger partial charge in [-0.05, 0) is 12.5 Å². The first-order valence-electron chi connectivity index (χ1n) is 2.83. The Kier molecular flexibility index (Phi) is 2.65. The van der Waals surface area contributed by atoms with Crippen LogP contribution >= 0.6 is 11.6 Å². The van der Waals surface area contributed by atoms with Crippen LogP contribution in [0.4, 0.5) is 0 Å². The van der Waals surface area contributed by atoms with Crippen LogP contribution in [0.5, 0.6) is 0 Å². The average molecular weight is 179 g/mol. The molecule has 0 aromatic heterocycles. The van der Waals surface area contributed by atoms with E-state index in [1.165, 1.54) is 0 Å². The summed E-state index contributed by atoms with van der Waals surface area (Å²) in [4.78, 5) is 0. The van der Waals surface area contributed by atoms with Crippen molar-refractivity contribution in [2.24, 2.45) is 0 Å². The first kappa shape index (κ1) is 7.98. The van der Waals surface area contributed by atoms with Gasteiger partial charge in [0.1, 0.15) is 0 Å². The molecule has 0 aromatic carbocycles. The standard InChI is InChI=1S/C6H7ClO2S/c7-5-1-3-6(4-2-5)10(8)9/h1-3,6H,4H2,(H,8,9). The zero-order chi connectivity index (χ0) is 7.56. The summed E-state index contributed by atoms with van der Waals surface area (Å²) in [5.74, 6) is 0. The van der Waals surface area contributed by atoms with Crippen LogP contribution < -0.4 is 0 Å². The zero-order valence-corrected chi connectivity index (χ0v) is 6.73. The van der Waals surface area contributed by atoms with Gasteiger partial charge in [0, 0.05) is 5.03 Å². The van der Waals surface area contributed by atoms with Crippen molar-refractivity contribution in [2.75, 3.05) is 0 Å². The highest BCUT2D eigenvalue weighted by Crippen LogP contribution is 2.16. The summed E-state index contributed by atoms with van der Waals surface area (Å²) in [6.45, 7) is 0. The second kappa shape index (κ2) is 3.32. The highest BCUT2D eigenvalue weighted by molar-refractivity contribution is 7.80. The lowest BCUT2D eigenvalue weighted by Crippen LogP contribution is -2.11. The number of rotatable bonds is 1. The Morgan fingerprint density at radius 3 is 2.90 bits per heavy atom. The van der Waals surface area contributed by atoms with Gasteiger partial charge in [-0.25, -0.2) is 4.21 Å². The molecule has 0 aromatic rings. The highest BCUT2D eigenvalue weighted by Gasteiger charge is 2.12. The van der Waals surface area contributed by atoms with Gasteiger partial charge in [0.15, 0.2) is 11.1 Å². The summed E-state index contributed by atoms with van der Waals surface area (Å²) in [7, 11) is 0. The molecule has 0 spiro atoms. The van der Waals surface area contributed by atoms with E-state index in [-0.39, 0.29) is 5.25 Å². The molecule has 56 valence electrons. The van der Waals surface area contributed by atoms with Crippen molar-refractivity contribution in [3.63, 3.8) is 0 Å². The zero-order valence-electron chi connectivity index (χ0n) is 5.16. The quantitative estimate of drug-likeness (QED) is 0.621. The van der Waals surface area contributed by atoms with Crippen LogP contribution in [0.3, 0.4) is 0 Å². The van der Waals surface area contributed by atoms with Crippen molar-refractivity contribution in [3.05, 3.63) is 23.3 Å². The Morgan fingerprint density at radius 2 is 2.50 bits per heavy atom. The molecule has 1 aliphatic carbocycles. The van der Waals surface area contributed by atoms with E-state index in [1.807, 2.05) is 0 Å². The topological polar surface area (TPSA) is 37.3 Å². The third-order valence-corrected chi connectivity index (χ3v) is 2.42. The lowest BCUT2D eigenvalue weighted by molar-refractivity contribution is 0.556. The van der Waals surface area contributed by atoms with E-state index in [1.54, 1.807) is 18.2 Å². The van der Waals surface area contributed by atoms with Crippen LogP contribution in [0, 0.1) is 0 Å². The first-order valence-corrected chi connectivity index (χ1v) is 4.38. The summed E-state index contributed by atoms with van der Waals surface area (Å²) in [5.41, 5.74) is 0. The monoisotopic (exact) mass is 178 g/mol. The van der Waals surface area contributed by atoms with Gasteiger partial charge < -0.3 is 4.55 Å². The Bertz CT molecular complexity index is 210. The van der Waals surface area contributed by atoms with Crippen molar-refractivity contribution < 1.29 is 8.76 Å². The van der Waals surface area contributed by atoms with Crippen LogP contribution in [-0.2, 0) is 11.1 Å².